The van der Waals surface area contributed by atoms with Gasteiger partial charge in [-0.3, -0.25) is 4.90 Å². The third-order valence-corrected chi connectivity index (χ3v) is 6.21. The molecule has 1 aliphatic rings. The van der Waals surface area contributed by atoms with Gasteiger partial charge >= 0.3 is 0 Å². The first-order chi connectivity index (χ1) is 16.3. The summed E-state index contributed by atoms with van der Waals surface area (Å²) in [6.07, 6.45) is 1.72. The normalized spacial score (nSPS) is 14.5. The fourth-order valence-electron chi connectivity index (χ4n) is 4.41. The first kappa shape index (κ1) is 21.3. The van der Waals surface area contributed by atoms with E-state index in [0.717, 1.165) is 55.3 Å². The standard InChI is InChI=1S/C28H28FN3O/c29-26-14-13-24(32-17-15-31(16-18-32)21-25-12-7-19-33-25)20-27(26)30-28(22-8-3-1-4-9-22)23-10-5-2-6-11-23/h1-14,19-20,28,30H,15-18,21H2. The van der Waals surface area contributed by atoms with E-state index in [0.29, 0.717) is 5.69 Å². The first-order valence-corrected chi connectivity index (χ1v) is 11.4. The molecule has 168 valence electrons. The topological polar surface area (TPSA) is 31.6 Å². The van der Waals surface area contributed by atoms with Crippen molar-refractivity contribution in [2.75, 3.05) is 36.4 Å². The number of hydrogen-bond acceptors (Lipinski definition) is 4. The van der Waals surface area contributed by atoms with Gasteiger partial charge in [-0.2, -0.15) is 0 Å². The van der Waals surface area contributed by atoms with Crippen molar-refractivity contribution in [3.05, 3.63) is 120 Å². The zero-order chi connectivity index (χ0) is 22.5. The maximum Gasteiger partial charge on any atom is 0.146 e. The molecule has 1 N–H and O–H groups in total. The number of piperazine rings is 1. The summed E-state index contributed by atoms with van der Waals surface area (Å²) < 4.78 is 20.4. The van der Waals surface area contributed by atoms with Crippen molar-refractivity contribution in [2.24, 2.45) is 0 Å². The Morgan fingerprint density at radius 3 is 2.06 bits per heavy atom. The van der Waals surface area contributed by atoms with Crippen LogP contribution in [-0.2, 0) is 6.54 Å². The molecule has 4 nitrogen and oxygen atoms in total. The lowest BCUT2D eigenvalue weighted by Crippen LogP contribution is -2.45. The van der Waals surface area contributed by atoms with E-state index in [2.05, 4.69) is 39.4 Å². The van der Waals surface area contributed by atoms with E-state index < -0.39 is 0 Å². The van der Waals surface area contributed by atoms with Crippen molar-refractivity contribution < 1.29 is 8.81 Å². The van der Waals surface area contributed by atoms with E-state index in [4.69, 9.17) is 4.42 Å². The molecule has 1 saturated heterocycles. The van der Waals surface area contributed by atoms with E-state index in [-0.39, 0.29) is 11.9 Å². The molecule has 0 spiro atoms. The van der Waals surface area contributed by atoms with Crippen LogP contribution in [-0.4, -0.2) is 31.1 Å². The Hall–Kier alpha value is -3.57. The number of anilines is 2. The minimum Gasteiger partial charge on any atom is -0.468 e. The van der Waals surface area contributed by atoms with Crippen molar-refractivity contribution in [3.8, 4) is 0 Å². The summed E-state index contributed by atoms with van der Waals surface area (Å²) in [4.78, 5) is 4.71. The number of hydrogen-bond donors (Lipinski definition) is 1. The van der Waals surface area contributed by atoms with E-state index in [1.807, 2.05) is 60.7 Å². The van der Waals surface area contributed by atoms with Gasteiger partial charge in [-0.05, 0) is 41.5 Å². The second-order valence-corrected chi connectivity index (χ2v) is 8.41. The molecular weight excluding hydrogens is 413 g/mol. The van der Waals surface area contributed by atoms with Crippen LogP contribution in [0, 0.1) is 5.82 Å². The van der Waals surface area contributed by atoms with Crippen molar-refractivity contribution in [1.82, 2.24) is 4.90 Å². The summed E-state index contributed by atoms with van der Waals surface area (Å²) in [6.45, 7) is 4.50. The second kappa shape index (κ2) is 9.92. The van der Waals surface area contributed by atoms with Crippen molar-refractivity contribution in [1.29, 1.82) is 0 Å². The van der Waals surface area contributed by atoms with E-state index >= 15 is 0 Å². The van der Waals surface area contributed by atoms with Gasteiger partial charge < -0.3 is 14.6 Å². The van der Waals surface area contributed by atoms with Crippen molar-refractivity contribution in [2.45, 2.75) is 12.6 Å². The van der Waals surface area contributed by atoms with Crippen LogP contribution in [0.1, 0.15) is 22.9 Å². The van der Waals surface area contributed by atoms with Crippen LogP contribution in [0.15, 0.2) is 102 Å². The van der Waals surface area contributed by atoms with Crippen LogP contribution in [0.25, 0.3) is 0 Å². The fourth-order valence-corrected chi connectivity index (χ4v) is 4.41. The van der Waals surface area contributed by atoms with Crippen molar-refractivity contribution in [3.63, 3.8) is 0 Å². The molecule has 0 bridgehead atoms. The highest BCUT2D eigenvalue weighted by Gasteiger charge is 2.20. The number of halogens is 1. The summed E-state index contributed by atoms with van der Waals surface area (Å²) in [5.41, 5.74) is 3.75. The van der Waals surface area contributed by atoms with Gasteiger partial charge in [-0.15, -0.1) is 0 Å². The number of nitrogens with zero attached hydrogens (tertiary/aromatic N) is 2. The molecule has 33 heavy (non-hydrogen) atoms. The molecule has 5 rings (SSSR count). The summed E-state index contributed by atoms with van der Waals surface area (Å²) in [7, 11) is 0. The summed E-state index contributed by atoms with van der Waals surface area (Å²) in [5.74, 6) is 0.747. The lowest BCUT2D eigenvalue weighted by Gasteiger charge is -2.36. The van der Waals surface area contributed by atoms with E-state index in [9.17, 15) is 4.39 Å². The quantitative estimate of drug-likeness (QED) is 0.384. The molecule has 5 heteroatoms. The largest absolute Gasteiger partial charge is 0.468 e. The second-order valence-electron chi connectivity index (χ2n) is 8.41. The Balaban J connectivity index is 1.33. The zero-order valence-electron chi connectivity index (χ0n) is 18.5. The maximum atomic E-state index is 14.9. The van der Waals surface area contributed by atoms with Gasteiger partial charge in [0.25, 0.3) is 0 Å². The van der Waals surface area contributed by atoms with Crippen molar-refractivity contribution >= 4 is 11.4 Å². The predicted molar refractivity (Wildman–Crippen MR) is 131 cm³/mol. The third kappa shape index (κ3) is 5.10. The number of rotatable bonds is 7. The minimum atomic E-state index is -0.243. The number of nitrogens with one attached hydrogen (secondary N) is 1. The number of furan rings is 1. The van der Waals surface area contributed by atoms with Gasteiger partial charge in [0.15, 0.2) is 0 Å². The summed E-state index contributed by atoms with van der Waals surface area (Å²) in [6, 6.07) is 29.5. The molecule has 0 aliphatic carbocycles. The Morgan fingerprint density at radius 2 is 1.45 bits per heavy atom. The molecule has 4 aromatic rings. The predicted octanol–water partition coefficient (Wildman–Crippen LogP) is 5.94. The maximum absolute atomic E-state index is 14.9. The van der Waals surface area contributed by atoms with Crippen LogP contribution in [0.5, 0.6) is 0 Å². The van der Waals surface area contributed by atoms with Gasteiger partial charge in [-0.1, -0.05) is 60.7 Å². The minimum absolute atomic E-state index is 0.137. The molecule has 0 radical (unpaired) electrons. The average Bonchev–Trinajstić information content (AvgIpc) is 3.38. The lowest BCUT2D eigenvalue weighted by molar-refractivity contribution is 0.230. The van der Waals surface area contributed by atoms with E-state index in [1.54, 1.807) is 12.3 Å². The SMILES string of the molecule is Fc1ccc(N2CCN(Cc3ccco3)CC2)cc1NC(c1ccccc1)c1ccccc1. The molecule has 0 amide bonds. The number of benzene rings is 3. The van der Waals surface area contributed by atoms with Crippen LogP contribution in [0.4, 0.5) is 15.8 Å². The molecule has 2 heterocycles. The zero-order valence-corrected chi connectivity index (χ0v) is 18.5. The fraction of sp³-hybridized carbons (Fsp3) is 0.214. The third-order valence-electron chi connectivity index (χ3n) is 6.21. The van der Waals surface area contributed by atoms with Gasteiger partial charge in [0.05, 0.1) is 24.5 Å². The Labute approximate surface area is 194 Å². The van der Waals surface area contributed by atoms with Gasteiger partial charge in [-0.25, -0.2) is 4.39 Å². The van der Waals surface area contributed by atoms with Gasteiger partial charge in [0.2, 0.25) is 0 Å². The molecule has 1 aromatic heterocycles. The molecule has 0 atom stereocenters. The lowest BCUT2D eigenvalue weighted by atomic mass is 9.98. The van der Waals surface area contributed by atoms with Crippen LogP contribution in [0.2, 0.25) is 0 Å². The smallest absolute Gasteiger partial charge is 0.146 e. The van der Waals surface area contributed by atoms with Crippen LogP contribution >= 0.6 is 0 Å². The molecular formula is C28H28FN3O. The molecule has 3 aromatic carbocycles. The Morgan fingerprint density at radius 1 is 0.788 bits per heavy atom. The Kier molecular flexibility index (Phi) is 6.40. The molecule has 0 saturated carbocycles. The highest BCUT2D eigenvalue weighted by atomic mass is 19.1. The monoisotopic (exact) mass is 441 g/mol. The van der Waals surface area contributed by atoms with Gasteiger partial charge in [0, 0.05) is 31.9 Å². The molecule has 1 fully saturated rings. The van der Waals surface area contributed by atoms with Crippen LogP contribution < -0.4 is 10.2 Å². The highest BCUT2D eigenvalue weighted by molar-refractivity contribution is 5.61. The summed E-state index contributed by atoms with van der Waals surface area (Å²) in [5, 5.41) is 3.47. The highest BCUT2D eigenvalue weighted by Crippen LogP contribution is 2.31. The molecule has 0 unspecified atom stereocenters. The molecule has 1 aliphatic heterocycles. The first-order valence-electron chi connectivity index (χ1n) is 11.4. The van der Waals surface area contributed by atoms with Gasteiger partial charge in [0.1, 0.15) is 11.6 Å². The Bertz CT molecular complexity index is 1100. The van der Waals surface area contributed by atoms with Crippen LogP contribution in [0.3, 0.4) is 0 Å². The average molecular weight is 442 g/mol. The summed E-state index contributed by atoms with van der Waals surface area (Å²) >= 11 is 0. The van der Waals surface area contributed by atoms with E-state index in [1.165, 1.54) is 0 Å².